The fourth-order valence-electron chi connectivity index (χ4n) is 3.27. The number of hydrogen-bond donors (Lipinski definition) is 2. The zero-order chi connectivity index (χ0) is 14.3. The molecule has 1 aliphatic carbocycles. The topological polar surface area (TPSA) is 58.4 Å². The highest BCUT2D eigenvalue weighted by Gasteiger charge is 2.29. The van der Waals surface area contributed by atoms with E-state index < -0.39 is 6.04 Å². The molecule has 1 saturated carbocycles. The van der Waals surface area contributed by atoms with Crippen LogP contribution in [0.4, 0.5) is 11.4 Å². The minimum absolute atomic E-state index is 0.160. The van der Waals surface area contributed by atoms with Gasteiger partial charge in [0.2, 0.25) is 5.91 Å². The second-order valence-electron chi connectivity index (χ2n) is 5.89. The van der Waals surface area contributed by atoms with Gasteiger partial charge in [-0.2, -0.15) is 0 Å². The highest BCUT2D eigenvalue weighted by Crippen LogP contribution is 2.38. The van der Waals surface area contributed by atoms with Gasteiger partial charge >= 0.3 is 0 Å². The lowest BCUT2D eigenvalue weighted by atomic mass is 10.1. The number of nitrogens with zero attached hydrogens (tertiary/aromatic N) is 1. The number of carbonyl (C=O) groups excluding carboxylic acids is 1. The Balaban J connectivity index is 1.83. The van der Waals surface area contributed by atoms with Crippen LogP contribution in [0.1, 0.15) is 37.3 Å². The Hall–Kier alpha value is -1.26. The van der Waals surface area contributed by atoms with Crippen molar-refractivity contribution in [2.75, 3.05) is 23.8 Å². The van der Waals surface area contributed by atoms with Gasteiger partial charge < -0.3 is 16.0 Å². The van der Waals surface area contributed by atoms with Crippen molar-refractivity contribution in [2.24, 2.45) is 11.7 Å². The molecular formula is C15H20ClN3O. The van der Waals surface area contributed by atoms with E-state index in [1.165, 1.54) is 25.7 Å². The number of nitrogens with two attached hydrogens (primary N) is 1. The monoisotopic (exact) mass is 293 g/mol. The first-order valence-electron chi connectivity index (χ1n) is 7.17. The van der Waals surface area contributed by atoms with Gasteiger partial charge in [0, 0.05) is 24.8 Å². The van der Waals surface area contributed by atoms with Gasteiger partial charge in [-0.05, 0) is 30.9 Å². The predicted molar refractivity (Wildman–Crippen MR) is 82.2 cm³/mol. The van der Waals surface area contributed by atoms with E-state index in [4.69, 9.17) is 17.3 Å². The Bertz CT molecular complexity index is 540. The smallest absolute Gasteiger partial charge is 0.245 e. The van der Waals surface area contributed by atoms with E-state index in [9.17, 15) is 4.79 Å². The molecular weight excluding hydrogens is 274 g/mol. The van der Waals surface area contributed by atoms with Crippen LogP contribution in [0, 0.1) is 5.92 Å². The van der Waals surface area contributed by atoms with Crippen LogP contribution in [0.5, 0.6) is 0 Å². The molecule has 108 valence electrons. The summed E-state index contributed by atoms with van der Waals surface area (Å²) in [6, 6.07) is 3.16. The van der Waals surface area contributed by atoms with Crippen molar-refractivity contribution in [3.63, 3.8) is 0 Å². The van der Waals surface area contributed by atoms with Crippen molar-refractivity contribution >= 4 is 28.9 Å². The molecule has 2 aliphatic rings. The molecule has 0 radical (unpaired) electrons. The Morgan fingerprint density at radius 1 is 1.40 bits per heavy atom. The van der Waals surface area contributed by atoms with Gasteiger partial charge in [-0.25, -0.2) is 0 Å². The van der Waals surface area contributed by atoms with Crippen LogP contribution in [-0.4, -0.2) is 19.5 Å². The summed E-state index contributed by atoms with van der Waals surface area (Å²) in [6.07, 6.45) is 5.27. The maximum Gasteiger partial charge on any atom is 0.245 e. The zero-order valence-corrected chi connectivity index (χ0v) is 12.4. The van der Waals surface area contributed by atoms with Crippen LogP contribution in [0.25, 0.3) is 0 Å². The summed E-state index contributed by atoms with van der Waals surface area (Å²) in [4.78, 5) is 13.8. The molecule has 1 fully saturated rings. The number of anilines is 2. The van der Waals surface area contributed by atoms with E-state index in [1.807, 2.05) is 12.1 Å². The number of nitrogens with one attached hydrogen (secondary N) is 1. The lowest BCUT2D eigenvalue weighted by molar-refractivity contribution is -0.116. The lowest BCUT2D eigenvalue weighted by Gasteiger charge is -2.24. The number of rotatable bonds is 3. The third-order valence-electron chi connectivity index (χ3n) is 4.41. The van der Waals surface area contributed by atoms with Crippen molar-refractivity contribution in [1.82, 2.24) is 0 Å². The first-order chi connectivity index (χ1) is 9.56. The van der Waals surface area contributed by atoms with Crippen LogP contribution in [0.3, 0.4) is 0 Å². The normalized spacial score (nSPS) is 21.9. The Morgan fingerprint density at radius 3 is 2.80 bits per heavy atom. The van der Waals surface area contributed by atoms with E-state index in [1.54, 1.807) is 0 Å². The number of carbonyl (C=O) groups is 1. The van der Waals surface area contributed by atoms with Crippen LogP contribution in [0.15, 0.2) is 12.1 Å². The standard InChI is InChI=1S/C15H20ClN3O/c1-19(8-9-4-2-3-5-9)13-7-12-10(6-11(13)16)14(17)15(20)18-12/h6-7,9,14H,2-5,8,17H2,1H3,(H,18,20). The van der Waals surface area contributed by atoms with Crippen molar-refractivity contribution in [3.8, 4) is 0 Å². The molecule has 1 amide bonds. The first-order valence-corrected chi connectivity index (χ1v) is 7.55. The zero-order valence-electron chi connectivity index (χ0n) is 11.7. The van der Waals surface area contributed by atoms with Crippen LogP contribution < -0.4 is 16.0 Å². The molecule has 1 unspecified atom stereocenters. The number of benzene rings is 1. The number of halogens is 1. The molecule has 3 rings (SSSR count). The van der Waals surface area contributed by atoms with E-state index >= 15 is 0 Å². The minimum Gasteiger partial charge on any atom is -0.373 e. The van der Waals surface area contributed by atoms with Crippen LogP contribution >= 0.6 is 11.6 Å². The van der Waals surface area contributed by atoms with Crippen molar-refractivity contribution in [3.05, 3.63) is 22.7 Å². The molecule has 4 nitrogen and oxygen atoms in total. The van der Waals surface area contributed by atoms with Gasteiger partial charge in [-0.3, -0.25) is 4.79 Å². The molecule has 0 spiro atoms. The summed E-state index contributed by atoms with van der Waals surface area (Å²) in [5.74, 6) is 0.591. The van der Waals surface area contributed by atoms with Crippen LogP contribution in [0.2, 0.25) is 5.02 Å². The van der Waals surface area contributed by atoms with Gasteiger partial charge in [0.15, 0.2) is 0 Å². The summed E-state index contributed by atoms with van der Waals surface area (Å²) in [5.41, 5.74) is 8.38. The fourth-order valence-corrected chi connectivity index (χ4v) is 3.58. The minimum atomic E-state index is -0.600. The molecule has 20 heavy (non-hydrogen) atoms. The third kappa shape index (κ3) is 2.38. The molecule has 0 bridgehead atoms. The molecule has 0 aromatic heterocycles. The number of hydrogen-bond acceptors (Lipinski definition) is 3. The molecule has 1 aromatic carbocycles. The molecule has 1 aromatic rings. The Kier molecular flexibility index (Phi) is 3.61. The number of amides is 1. The van der Waals surface area contributed by atoms with E-state index in [-0.39, 0.29) is 5.91 Å². The van der Waals surface area contributed by atoms with E-state index in [0.717, 1.165) is 29.4 Å². The summed E-state index contributed by atoms with van der Waals surface area (Å²) in [6.45, 7) is 1.01. The molecule has 1 heterocycles. The highest BCUT2D eigenvalue weighted by atomic mass is 35.5. The molecule has 5 heteroatoms. The van der Waals surface area contributed by atoms with Gasteiger partial charge in [0.25, 0.3) is 0 Å². The third-order valence-corrected chi connectivity index (χ3v) is 4.72. The molecule has 1 aliphatic heterocycles. The second kappa shape index (κ2) is 5.26. The molecule has 1 atom stereocenters. The highest BCUT2D eigenvalue weighted by molar-refractivity contribution is 6.33. The summed E-state index contributed by atoms with van der Waals surface area (Å²) in [7, 11) is 2.06. The van der Waals surface area contributed by atoms with Gasteiger partial charge in [0.05, 0.1) is 10.7 Å². The lowest BCUT2D eigenvalue weighted by Crippen LogP contribution is -2.24. The average molecular weight is 294 g/mol. The predicted octanol–water partition coefficient (Wildman–Crippen LogP) is 2.92. The summed E-state index contributed by atoms with van der Waals surface area (Å²) >= 11 is 6.36. The number of fused-ring (bicyclic) bond motifs is 1. The van der Waals surface area contributed by atoms with E-state index in [2.05, 4.69) is 17.3 Å². The molecule has 0 saturated heterocycles. The molecule has 3 N–H and O–H groups in total. The second-order valence-corrected chi connectivity index (χ2v) is 6.30. The van der Waals surface area contributed by atoms with Crippen LogP contribution in [-0.2, 0) is 4.79 Å². The van der Waals surface area contributed by atoms with Crippen molar-refractivity contribution in [2.45, 2.75) is 31.7 Å². The fraction of sp³-hybridized carbons (Fsp3) is 0.533. The SMILES string of the molecule is CN(CC1CCCC1)c1cc2c(cc1Cl)C(N)C(=O)N2. The summed E-state index contributed by atoms with van der Waals surface area (Å²) < 4.78 is 0. The quantitative estimate of drug-likeness (QED) is 0.901. The summed E-state index contributed by atoms with van der Waals surface area (Å²) in [5, 5.41) is 3.48. The largest absolute Gasteiger partial charge is 0.373 e. The maximum absolute atomic E-state index is 11.6. The maximum atomic E-state index is 11.6. The van der Waals surface area contributed by atoms with Gasteiger partial charge in [-0.1, -0.05) is 24.4 Å². The first kappa shape index (κ1) is 13.7. The van der Waals surface area contributed by atoms with Crippen molar-refractivity contribution in [1.29, 1.82) is 0 Å². The van der Waals surface area contributed by atoms with Gasteiger partial charge in [-0.15, -0.1) is 0 Å². The van der Waals surface area contributed by atoms with E-state index in [0.29, 0.717) is 5.02 Å². The average Bonchev–Trinajstić information content (AvgIpc) is 3.00. The Morgan fingerprint density at radius 2 is 2.10 bits per heavy atom. The van der Waals surface area contributed by atoms with Crippen molar-refractivity contribution < 1.29 is 4.79 Å². The Labute approximate surface area is 124 Å². The van der Waals surface area contributed by atoms with Gasteiger partial charge in [0.1, 0.15) is 6.04 Å².